The maximum absolute atomic E-state index is 9.09. The first-order valence-corrected chi connectivity index (χ1v) is 6.46. The molecule has 3 heteroatoms. The van der Waals surface area contributed by atoms with Crippen LogP contribution in [0.4, 0.5) is 5.69 Å². The first-order valence-electron chi connectivity index (χ1n) is 6.46. The van der Waals surface area contributed by atoms with Crippen molar-refractivity contribution in [1.82, 2.24) is 4.90 Å². The van der Waals surface area contributed by atoms with E-state index in [4.69, 9.17) is 10.8 Å². The molecule has 3 nitrogen and oxygen atoms in total. The van der Waals surface area contributed by atoms with Crippen molar-refractivity contribution in [3.63, 3.8) is 0 Å². The number of rotatable bonds is 4. The molecule has 0 atom stereocenters. The van der Waals surface area contributed by atoms with Crippen LogP contribution in [0, 0.1) is 5.92 Å². The highest BCUT2D eigenvalue weighted by atomic mass is 16.3. The highest BCUT2D eigenvalue weighted by Gasteiger charge is 2.17. The van der Waals surface area contributed by atoms with E-state index in [1.165, 1.54) is 5.56 Å². The molecule has 1 aliphatic heterocycles. The Hall–Kier alpha value is -1.06. The third-order valence-corrected chi connectivity index (χ3v) is 3.72. The van der Waals surface area contributed by atoms with Crippen LogP contribution in [0.2, 0.25) is 0 Å². The lowest BCUT2D eigenvalue weighted by Gasteiger charge is -2.31. The Bertz CT molecular complexity index is 346. The first-order chi connectivity index (χ1) is 8.29. The molecule has 1 saturated heterocycles. The number of nitrogens with two attached hydrogens (primary N) is 1. The number of hydrogen-bond acceptors (Lipinski definition) is 3. The highest BCUT2D eigenvalue weighted by molar-refractivity contribution is 5.46. The van der Waals surface area contributed by atoms with E-state index in [9.17, 15) is 0 Å². The number of hydrogen-bond donors (Lipinski definition) is 2. The van der Waals surface area contributed by atoms with Gasteiger partial charge in [-0.05, 0) is 49.9 Å². The van der Waals surface area contributed by atoms with Gasteiger partial charge in [0.2, 0.25) is 0 Å². The molecule has 1 aliphatic rings. The van der Waals surface area contributed by atoms with E-state index in [-0.39, 0.29) is 0 Å². The van der Waals surface area contributed by atoms with Crippen molar-refractivity contribution in [2.45, 2.75) is 19.3 Å². The summed E-state index contributed by atoms with van der Waals surface area (Å²) in [6.07, 6.45) is 3.28. The minimum absolute atomic E-state index is 0.347. The van der Waals surface area contributed by atoms with Crippen molar-refractivity contribution >= 4 is 5.69 Å². The molecule has 3 N–H and O–H groups in total. The van der Waals surface area contributed by atoms with Crippen molar-refractivity contribution in [1.29, 1.82) is 0 Å². The van der Waals surface area contributed by atoms with Gasteiger partial charge < -0.3 is 15.7 Å². The molecule has 0 radical (unpaired) electrons. The van der Waals surface area contributed by atoms with E-state index in [1.54, 1.807) is 0 Å². The average Bonchev–Trinajstić information content (AvgIpc) is 2.38. The number of para-hydroxylation sites is 1. The van der Waals surface area contributed by atoms with Gasteiger partial charge in [-0.15, -0.1) is 0 Å². The summed E-state index contributed by atoms with van der Waals surface area (Å²) in [5.74, 6) is 0.521. The van der Waals surface area contributed by atoms with Gasteiger partial charge in [0.1, 0.15) is 0 Å². The van der Waals surface area contributed by atoms with Crippen LogP contribution in [-0.4, -0.2) is 36.2 Å². The zero-order valence-electron chi connectivity index (χ0n) is 10.3. The van der Waals surface area contributed by atoms with Gasteiger partial charge in [0.05, 0.1) is 0 Å². The third-order valence-electron chi connectivity index (χ3n) is 3.72. The van der Waals surface area contributed by atoms with Crippen LogP contribution in [0.25, 0.3) is 0 Å². The lowest BCUT2D eigenvalue weighted by Crippen LogP contribution is -2.36. The summed E-state index contributed by atoms with van der Waals surface area (Å²) in [7, 11) is 0. The van der Waals surface area contributed by atoms with Crippen molar-refractivity contribution in [3.05, 3.63) is 29.8 Å². The molecule has 0 amide bonds. The summed E-state index contributed by atoms with van der Waals surface area (Å²) in [6.45, 7) is 3.64. The Kier molecular flexibility index (Phi) is 4.40. The predicted octanol–water partition coefficient (Wildman–Crippen LogP) is 1.52. The minimum atomic E-state index is 0.347. The van der Waals surface area contributed by atoms with Crippen LogP contribution < -0.4 is 5.73 Å². The second kappa shape index (κ2) is 6.03. The molecule has 0 aromatic heterocycles. The summed E-state index contributed by atoms with van der Waals surface area (Å²) in [4.78, 5) is 2.47. The number of benzene rings is 1. The molecule has 0 unspecified atom stereocenters. The second-order valence-electron chi connectivity index (χ2n) is 4.92. The summed E-state index contributed by atoms with van der Waals surface area (Å²) >= 11 is 0. The largest absolute Gasteiger partial charge is 0.399 e. The molecule has 0 spiro atoms. The Labute approximate surface area is 103 Å². The molecular weight excluding hydrogens is 212 g/mol. The number of nitrogen functional groups attached to an aromatic ring is 1. The van der Waals surface area contributed by atoms with Gasteiger partial charge >= 0.3 is 0 Å². The monoisotopic (exact) mass is 234 g/mol. The minimum Gasteiger partial charge on any atom is -0.399 e. The number of aliphatic hydroxyl groups excluding tert-OH is 1. The van der Waals surface area contributed by atoms with Crippen LogP contribution in [0.5, 0.6) is 0 Å². The van der Waals surface area contributed by atoms with E-state index >= 15 is 0 Å². The lowest BCUT2D eigenvalue weighted by molar-refractivity contribution is 0.132. The molecule has 1 aromatic rings. The van der Waals surface area contributed by atoms with Gasteiger partial charge in [-0.3, -0.25) is 0 Å². The van der Waals surface area contributed by atoms with E-state index in [1.807, 2.05) is 18.2 Å². The van der Waals surface area contributed by atoms with Crippen molar-refractivity contribution in [3.8, 4) is 0 Å². The number of anilines is 1. The quantitative estimate of drug-likeness (QED) is 0.777. The highest BCUT2D eigenvalue weighted by Crippen LogP contribution is 2.17. The summed E-state index contributed by atoms with van der Waals surface area (Å²) in [5, 5.41) is 9.09. The van der Waals surface area contributed by atoms with E-state index in [0.29, 0.717) is 12.5 Å². The van der Waals surface area contributed by atoms with Gasteiger partial charge in [-0.25, -0.2) is 0 Å². The van der Waals surface area contributed by atoms with E-state index in [0.717, 1.165) is 44.6 Å². The zero-order valence-corrected chi connectivity index (χ0v) is 10.3. The van der Waals surface area contributed by atoms with Gasteiger partial charge in [-0.2, -0.15) is 0 Å². The summed E-state index contributed by atoms with van der Waals surface area (Å²) < 4.78 is 0. The SMILES string of the molecule is Nc1ccccc1CCN1CCC(CO)CC1. The van der Waals surface area contributed by atoms with Gasteiger partial charge in [0, 0.05) is 18.8 Å². The predicted molar refractivity (Wildman–Crippen MR) is 70.8 cm³/mol. The summed E-state index contributed by atoms with van der Waals surface area (Å²) in [6, 6.07) is 8.10. The van der Waals surface area contributed by atoms with Crippen molar-refractivity contribution < 1.29 is 5.11 Å². The van der Waals surface area contributed by atoms with Crippen LogP contribution in [-0.2, 0) is 6.42 Å². The maximum Gasteiger partial charge on any atom is 0.0460 e. The van der Waals surface area contributed by atoms with Gasteiger partial charge in [-0.1, -0.05) is 18.2 Å². The molecule has 1 aromatic carbocycles. The Balaban J connectivity index is 1.78. The van der Waals surface area contributed by atoms with Crippen LogP contribution in [0.15, 0.2) is 24.3 Å². The Morgan fingerprint density at radius 1 is 1.24 bits per heavy atom. The van der Waals surface area contributed by atoms with Crippen LogP contribution in [0.1, 0.15) is 18.4 Å². The smallest absolute Gasteiger partial charge is 0.0460 e. The lowest BCUT2D eigenvalue weighted by atomic mass is 9.97. The summed E-state index contributed by atoms with van der Waals surface area (Å²) in [5.41, 5.74) is 8.08. The van der Waals surface area contributed by atoms with Crippen molar-refractivity contribution in [2.75, 3.05) is 32.0 Å². The molecule has 0 bridgehead atoms. The first kappa shape index (κ1) is 12.4. The molecule has 0 aliphatic carbocycles. The topological polar surface area (TPSA) is 49.5 Å². The second-order valence-corrected chi connectivity index (χ2v) is 4.92. The molecule has 1 fully saturated rings. The average molecular weight is 234 g/mol. The number of piperidine rings is 1. The fraction of sp³-hybridized carbons (Fsp3) is 0.571. The van der Waals surface area contributed by atoms with E-state index < -0.39 is 0 Å². The standard InChI is InChI=1S/C14H22N2O/c15-14-4-2-1-3-13(14)7-10-16-8-5-12(11-17)6-9-16/h1-4,12,17H,5-11,15H2. The van der Waals surface area contributed by atoms with Crippen molar-refractivity contribution in [2.24, 2.45) is 5.92 Å². The molecular formula is C14H22N2O. The number of nitrogens with zero attached hydrogens (tertiary/aromatic N) is 1. The molecule has 94 valence electrons. The third kappa shape index (κ3) is 3.45. The molecule has 0 saturated carbocycles. The normalized spacial score (nSPS) is 18.4. The van der Waals surface area contributed by atoms with Gasteiger partial charge in [0.15, 0.2) is 0 Å². The molecule has 2 rings (SSSR count). The number of aliphatic hydroxyl groups is 1. The molecule has 1 heterocycles. The van der Waals surface area contributed by atoms with Gasteiger partial charge in [0.25, 0.3) is 0 Å². The van der Waals surface area contributed by atoms with Crippen LogP contribution in [0.3, 0.4) is 0 Å². The Morgan fingerprint density at radius 3 is 2.59 bits per heavy atom. The van der Waals surface area contributed by atoms with E-state index in [2.05, 4.69) is 11.0 Å². The fourth-order valence-electron chi connectivity index (χ4n) is 2.43. The fourth-order valence-corrected chi connectivity index (χ4v) is 2.43. The molecule has 17 heavy (non-hydrogen) atoms. The zero-order chi connectivity index (χ0) is 12.1. The Morgan fingerprint density at radius 2 is 1.94 bits per heavy atom. The van der Waals surface area contributed by atoms with Crippen LogP contribution >= 0.6 is 0 Å². The maximum atomic E-state index is 9.09. The number of likely N-dealkylation sites (tertiary alicyclic amines) is 1.